The maximum atomic E-state index is 5.40. The number of ether oxygens (including phenoxy) is 1. The summed E-state index contributed by atoms with van der Waals surface area (Å²) in [5, 5.41) is 10.6. The number of hydrogen-bond donors (Lipinski definition) is 3. The van der Waals surface area contributed by atoms with Crippen molar-refractivity contribution in [2.24, 2.45) is 17.8 Å². The highest BCUT2D eigenvalue weighted by atomic mass is 16.5. The van der Waals surface area contributed by atoms with Gasteiger partial charge in [-0.1, -0.05) is 32.1 Å². The van der Waals surface area contributed by atoms with Crippen LogP contribution in [0.4, 0.5) is 23.5 Å². The third kappa shape index (κ3) is 5.50. The van der Waals surface area contributed by atoms with Crippen LogP contribution >= 0.6 is 0 Å². The Morgan fingerprint density at radius 3 is 2.36 bits per heavy atom. The minimum atomic E-state index is 0.474. The van der Waals surface area contributed by atoms with Gasteiger partial charge in [0.25, 0.3) is 0 Å². The molecule has 6 rings (SSSR count). The molecule has 2 bridgehead atoms. The highest BCUT2D eigenvalue weighted by Gasteiger charge is 2.36. The van der Waals surface area contributed by atoms with Gasteiger partial charge in [-0.05, 0) is 80.5 Å². The zero-order valence-corrected chi connectivity index (χ0v) is 20.1. The molecule has 2 aromatic rings. The van der Waals surface area contributed by atoms with Crippen LogP contribution in [0.2, 0.25) is 0 Å². The predicted molar refractivity (Wildman–Crippen MR) is 133 cm³/mol. The van der Waals surface area contributed by atoms with Gasteiger partial charge >= 0.3 is 0 Å². The van der Waals surface area contributed by atoms with Gasteiger partial charge in [-0.3, -0.25) is 0 Å². The number of aromatic nitrogens is 3. The van der Waals surface area contributed by atoms with E-state index in [1.54, 1.807) is 7.11 Å². The number of nitrogens with one attached hydrogen (secondary N) is 3. The molecule has 4 aliphatic rings. The molecule has 7 heteroatoms. The highest BCUT2D eigenvalue weighted by Crippen LogP contribution is 2.42. The lowest BCUT2D eigenvalue weighted by Crippen LogP contribution is -2.40. The molecule has 1 atom stereocenters. The second-order valence-corrected chi connectivity index (χ2v) is 10.3. The summed E-state index contributed by atoms with van der Waals surface area (Å²) in [4.78, 5) is 14.2. The molecule has 4 saturated carbocycles. The van der Waals surface area contributed by atoms with Crippen LogP contribution < -0.4 is 20.7 Å². The SMILES string of the molecule is COc1ccc(Nc2nc(NCC3CCCCC3)nc(N[C@H]3CC4CCC3CC4)n2)cc1C. The number of anilines is 4. The molecule has 33 heavy (non-hydrogen) atoms. The Morgan fingerprint density at radius 1 is 0.909 bits per heavy atom. The highest BCUT2D eigenvalue weighted by molar-refractivity contribution is 5.58. The molecule has 0 amide bonds. The van der Waals surface area contributed by atoms with Crippen molar-refractivity contribution in [2.75, 3.05) is 29.6 Å². The Hall–Kier alpha value is -2.57. The van der Waals surface area contributed by atoms with Crippen LogP contribution in [0.3, 0.4) is 0 Å². The molecule has 0 aliphatic heterocycles. The second kappa shape index (κ2) is 10.1. The van der Waals surface area contributed by atoms with Crippen molar-refractivity contribution in [1.29, 1.82) is 0 Å². The lowest BCUT2D eigenvalue weighted by Gasteiger charge is -2.42. The average Bonchev–Trinajstić information content (AvgIpc) is 2.84. The van der Waals surface area contributed by atoms with E-state index >= 15 is 0 Å². The lowest BCUT2D eigenvalue weighted by molar-refractivity contribution is 0.157. The first-order valence-corrected chi connectivity index (χ1v) is 12.8. The first kappa shape index (κ1) is 22.2. The summed E-state index contributed by atoms with van der Waals surface area (Å²) in [5.74, 6) is 5.10. The van der Waals surface area contributed by atoms with E-state index in [4.69, 9.17) is 19.7 Å². The summed E-state index contributed by atoms with van der Waals surface area (Å²) in [5.41, 5.74) is 2.02. The number of rotatable bonds is 8. The molecule has 1 aromatic carbocycles. The van der Waals surface area contributed by atoms with Crippen LogP contribution in [0.1, 0.15) is 69.8 Å². The second-order valence-electron chi connectivity index (χ2n) is 10.3. The Bertz CT molecular complexity index is 936. The van der Waals surface area contributed by atoms with Crippen molar-refractivity contribution >= 4 is 23.5 Å². The summed E-state index contributed by atoms with van der Waals surface area (Å²) < 4.78 is 5.40. The maximum Gasteiger partial charge on any atom is 0.233 e. The van der Waals surface area contributed by atoms with E-state index in [-0.39, 0.29) is 0 Å². The number of benzene rings is 1. The zero-order chi connectivity index (χ0) is 22.6. The monoisotopic (exact) mass is 450 g/mol. The standard InChI is InChI=1S/C26H38N6O/c1-17-14-21(12-13-23(17)33-2)28-25-30-24(27-16-19-6-4-3-5-7-19)31-26(32-25)29-22-15-18-8-10-20(22)11-9-18/h12-14,18-20,22H,3-11,15-16H2,1-2H3,(H3,27,28,29,30,31,32)/t18?,20?,22-/m0/s1. The largest absolute Gasteiger partial charge is 0.496 e. The van der Waals surface area contributed by atoms with E-state index in [0.717, 1.165) is 35.4 Å². The first-order chi connectivity index (χ1) is 16.2. The van der Waals surface area contributed by atoms with Crippen LogP contribution in [0.5, 0.6) is 5.75 Å². The third-order valence-electron chi connectivity index (χ3n) is 7.92. The van der Waals surface area contributed by atoms with Crippen molar-refractivity contribution in [3.05, 3.63) is 23.8 Å². The van der Waals surface area contributed by atoms with Crippen molar-refractivity contribution in [2.45, 2.75) is 77.2 Å². The first-order valence-electron chi connectivity index (χ1n) is 12.8. The molecule has 0 spiro atoms. The topological polar surface area (TPSA) is 84.0 Å². The van der Waals surface area contributed by atoms with Gasteiger partial charge in [0.1, 0.15) is 5.75 Å². The lowest BCUT2D eigenvalue weighted by atomic mass is 9.68. The summed E-state index contributed by atoms with van der Waals surface area (Å²) in [6, 6.07) is 6.50. The molecule has 4 aliphatic carbocycles. The third-order valence-corrected chi connectivity index (χ3v) is 7.92. The Labute approximate surface area is 197 Å². The van der Waals surface area contributed by atoms with Crippen LogP contribution in [0.15, 0.2) is 18.2 Å². The van der Waals surface area contributed by atoms with Gasteiger partial charge in [0.05, 0.1) is 7.11 Å². The van der Waals surface area contributed by atoms with Crippen molar-refractivity contribution < 1.29 is 4.74 Å². The van der Waals surface area contributed by atoms with E-state index in [0.29, 0.717) is 29.8 Å². The smallest absolute Gasteiger partial charge is 0.233 e. The van der Waals surface area contributed by atoms with Crippen LogP contribution in [0.25, 0.3) is 0 Å². The summed E-state index contributed by atoms with van der Waals surface area (Å²) in [7, 11) is 1.70. The Morgan fingerprint density at radius 2 is 1.67 bits per heavy atom. The van der Waals surface area contributed by atoms with Gasteiger partial charge in [0.2, 0.25) is 17.8 Å². The fourth-order valence-electron chi connectivity index (χ4n) is 6.01. The zero-order valence-electron chi connectivity index (χ0n) is 20.1. The summed E-state index contributed by atoms with van der Waals surface area (Å²) in [6.07, 6.45) is 13.3. The van der Waals surface area contributed by atoms with E-state index < -0.39 is 0 Å². The van der Waals surface area contributed by atoms with E-state index in [2.05, 4.69) is 22.0 Å². The molecule has 1 aromatic heterocycles. The van der Waals surface area contributed by atoms with Gasteiger partial charge < -0.3 is 20.7 Å². The van der Waals surface area contributed by atoms with Crippen molar-refractivity contribution in [3.8, 4) is 5.75 Å². The molecular weight excluding hydrogens is 412 g/mol. The molecule has 178 valence electrons. The Balaban J connectivity index is 1.34. The molecular formula is C26H38N6O. The number of aryl methyl sites for hydroxylation is 1. The van der Waals surface area contributed by atoms with Gasteiger partial charge in [-0.2, -0.15) is 15.0 Å². The molecule has 7 nitrogen and oxygen atoms in total. The normalized spacial score (nSPS) is 25.0. The van der Waals surface area contributed by atoms with E-state index in [1.807, 2.05) is 19.1 Å². The van der Waals surface area contributed by atoms with Gasteiger partial charge in [0, 0.05) is 18.3 Å². The van der Waals surface area contributed by atoms with Gasteiger partial charge in [-0.25, -0.2) is 0 Å². The minimum Gasteiger partial charge on any atom is -0.496 e. The molecule has 4 fully saturated rings. The van der Waals surface area contributed by atoms with Gasteiger partial charge in [-0.15, -0.1) is 0 Å². The van der Waals surface area contributed by atoms with E-state index in [1.165, 1.54) is 64.2 Å². The fourth-order valence-corrected chi connectivity index (χ4v) is 6.01. The summed E-state index contributed by atoms with van der Waals surface area (Å²) in [6.45, 7) is 2.97. The van der Waals surface area contributed by atoms with E-state index in [9.17, 15) is 0 Å². The summed E-state index contributed by atoms with van der Waals surface area (Å²) >= 11 is 0. The quantitative estimate of drug-likeness (QED) is 0.461. The van der Waals surface area contributed by atoms with Gasteiger partial charge in [0.15, 0.2) is 0 Å². The van der Waals surface area contributed by atoms with Crippen LogP contribution in [-0.2, 0) is 0 Å². The molecule has 0 saturated heterocycles. The van der Waals surface area contributed by atoms with Crippen LogP contribution in [-0.4, -0.2) is 34.6 Å². The predicted octanol–water partition coefficient (Wildman–Crippen LogP) is 5.92. The maximum absolute atomic E-state index is 5.40. The molecule has 3 N–H and O–H groups in total. The molecule has 0 radical (unpaired) electrons. The van der Waals surface area contributed by atoms with Crippen molar-refractivity contribution in [3.63, 3.8) is 0 Å². The fraction of sp³-hybridized carbons (Fsp3) is 0.654. The number of hydrogen-bond acceptors (Lipinski definition) is 7. The molecule has 1 heterocycles. The average molecular weight is 451 g/mol. The number of methoxy groups -OCH3 is 1. The van der Waals surface area contributed by atoms with Crippen molar-refractivity contribution in [1.82, 2.24) is 15.0 Å². The Kier molecular flexibility index (Phi) is 6.83. The van der Waals surface area contributed by atoms with Crippen LogP contribution in [0, 0.1) is 24.7 Å². The number of nitrogens with zero attached hydrogens (tertiary/aromatic N) is 3. The number of fused-ring (bicyclic) bond motifs is 3. The minimum absolute atomic E-state index is 0.474. The molecule has 0 unspecified atom stereocenters.